The molecule has 0 spiro atoms. The standard InChI is InChI=1S/C16H16N4OS2/c1-2-3-9-22-16-20-19-15(23-16)18-14(21)13(11-17)10-12-7-5-4-6-8-12/h4-8,10H,2-3,9H2,1H3,(H,18,19,21)/b13-10+. The number of hydrogen-bond donors (Lipinski definition) is 1. The molecular weight excluding hydrogens is 328 g/mol. The summed E-state index contributed by atoms with van der Waals surface area (Å²) in [6.45, 7) is 2.13. The molecule has 2 aromatic rings. The average Bonchev–Trinajstić information content (AvgIpc) is 3.01. The van der Waals surface area contributed by atoms with Crippen molar-refractivity contribution in [2.24, 2.45) is 0 Å². The van der Waals surface area contributed by atoms with Crippen molar-refractivity contribution in [2.45, 2.75) is 24.1 Å². The van der Waals surface area contributed by atoms with Gasteiger partial charge in [-0.05, 0) is 18.1 Å². The largest absolute Gasteiger partial charge is 0.296 e. The molecule has 1 aromatic heterocycles. The van der Waals surface area contributed by atoms with E-state index in [-0.39, 0.29) is 5.57 Å². The predicted octanol–water partition coefficient (Wildman–Crippen LogP) is 3.98. The number of aromatic nitrogens is 2. The average molecular weight is 344 g/mol. The molecule has 0 fully saturated rings. The number of nitriles is 1. The molecule has 0 aliphatic heterocycles. The number of nitrogens with one attached hydrogen (secondary N) is 1. The lowest BCUT2D eigenvalue weighted by Crippen LogP contribution is -2.13. The van der Waals surface area contributed by atoms with Gasteiger partial charge >= 0.3 is 0 Å². The molecule has 7 heteroatoms. The van der Waals surface area contributed by atoms with E-state index in [0.29, 0.717) is 5.13 Å². The number of carbonyl (C=O) groups excluding carboxylic acids is 1. The number of anilines is 1. The van der Waals surface area contributed by atoms with Crippen LogP contribution in [0.3, 0.4) is 0 Å². The molecule has 0 unspecified atom stereocenters. The van der Waals surface area contributed by atoms with Crippen LogP contribution in [-0.4, -0.2) is 21.9 Å². The fourth-order valence-electron chi connectivity index (χ4n) is 1.65. The van der Waals surface area contributed by atoms with Crippen LogP contribution < -0.4 is 5.32 Å². The summed E-state index contributed by atoms with van der Waals surface area (Å²) in [5.74, 6) is 0.508. The molecule has 1 aromatic carbocycles. The van der Waals surface area contributed by atoms with Crippen LogP contribution in [0.15, 0.2) is 40.2 Å². The molecule has 23 heavy (non-hydrogen) atoms. The lowest BCUT2D eigenvalue weighted by atomic mass is 10.1. The van der Waals surface area contributed by atoms with Gasteiger partial charge in [0.2, 0.25) is 5.13 Å². The highest BCUT2D eigenvalue weighted by Gasteiger charge is 2.13. The monoisotopic (exact) mass is 344 g/mol. The lowest BCUT2D eigenvalue weighted by Gasteiger charge is -1.99. The van der Waals surface area contributed by atoms with E-state index in [1.165, 1.54) is 11.3 Å². The van der Waals surface area contributed by atoms with Crippen molar-refractivity contribution in [2.75, 3.05) is 11.1 Å². The summed E-state index contributed by atoms with van der Waals surface area (Å²) in [7, 11) is 0. The van der Waals surface area contributed by atoms with Crippen LogP contribution in [0.5, 0.6) is 0 Å². The van der Waals surface area contributed by atoms with Crippen LogP contribution >= 0.6 is 23.1 Å². The van der Waals surface area contributed by atoms with Crippen LogP contribution in [-0.2, 0) is 4.79 Å². The maximum absolute atomic E-state index is 12.1. The Morgan fingerprint density at radius 3 is 2.87 bits per heavy atom. The second-order valence-electron chi connectivity index (χ2n) is 4.61. The Hall–Kier alpha value is -2.17. The van der Waals surface area contributed by atoms with Gasteiger partial charge in [0.1, 0.15) is 11.6 Å². The van der Waals surface area contributed by atoms with Crippen molar-refractivity contribution in [3.63, 3.8) is 0 Å². The highest BCUT2D eigenvalue weighted by atomic mass is 32.2. The Kier molecular flexibility index (Phi) is 6.78. The van der Waals surface area contributed by atoms with Gasteiger partial charge in [-0.15, -0.1) is 10.2 Å². The van der Waals surface area contributed by atoms with Crippen LogP contribution in [0.2, 0.25) is 0 Å². The van der Waals surface area contributed by atoms with E-state index in [2.05, 4.69) is 22.4 Å². The zero-order valence-corrected chi connectivity index (χ0v) is 14.3. The molecule has 0 saturated heterocycles. The second kappa shape index (κ2) is 9.08. The number of unbranched alkanes of at least 4 members (excludes halogenated alkanes) is 1. The van der Waals surface area contributed by atoms with Crippen LogP contribution in [0.1, 0.15) is 25.3 Å². The summed E-state index contributed by atoms with van der Waals surface area (Å²) in [6.07, 6.45) is 3.79. The fraction of sp³-hybridized carbons (Fsp3) is 0.250. The summed E-state index contributed by atoms with van der Waals surface area (Å²) in [6, 6.07) is 11.2. The minimum atomic E-state index is -0.474. The number of rotatable bonds is 7. The molecule has 1 amide bonds. The summed E-state index contributed by atoms with van der Waals surface area (Å²) >= 11 is 2.94. The Labute approximate surface area is 143 Å². The number of nitrogens with zero attached hydrogens (tertiary/aromatic N) is 3. The van der Waals surface area contributed by atoms with Crippen LogP contribution in [0.25, 0.3) is 6.08 Å². The number of hydrogen-bond acceptors (Lipinski definition) is 6. The minimum Gasteiger partial charge on any atom is -0.296 e. The van der Waals surface area contributed by atoms with Crippen LogP contribution in [0, 0.1) is 11.3 Å². The normalized spacial score (nSPS) is 11.0. The first-order valence-corrected chi connectivity index (χ1v) is 8.97. The van der Waals surface area contributed by atoms with Crippen molar-refractivity contribution < 1.29 is 4.79 Å². The lowest BCUT2D eigenvalue weighted by molar-refractivity contribution is -0.112. The van der Waals surface area contributed by atoms with Gasteiger partial charge in [0.05, 0.1) is 0 Å². The second-order valence-corrected chi connectivity index (χ2v) is 6.93. The molecule has 0 saturated carbocycles. The zero-order chi connectivity index (χ0) is 16.5. The van der Waals surface area contributed by atoms with Gasteiger partial charge in [-0.3, -0.25) is 10.1 Å². The van der Waals surface area contributed by atoms with Crippen molar-refractivity contribution in [1.82, 2.24) is 10.2 Å². The van der Waals surface area contributed by atoms with Crippen molar-refractivity contribution in [1.29, 1.82) is 5.26 Å². The quantitative estimate of drug-likeness (QED) is 0.270. The summed E-state index contributed by atoms with van der Waals surface area (Å²) < 4.78 is 0.819. The first kappa shape index (κ1) is 17.2. The summed E-state index contributed by atoms with van der Waals surface area (Å²) in [5.41, 5.74) is 0.832. The minimum absolute atomic E-state index is 0.0339. The van der Waals surface area contributed by atoms with Crippen molar-refractivity contribution >= 4 is 40.2 Å². The molecule has 1 N–H and O–H groups in total. The molecular formula is C16H16N4OS2. The maximum atomic E-state index is 12.1. The van der Waals surface area contributed by atoms with Gasteiger partial charge in [0.25, 0.3) is 5.91 Å². The first-order chi connectivity index (χ1) is 11.2. The molecule has 0 aliphatic carbocycles. The third-order valence-electron chi connectivity index (χ3n) is 2.83. The van der Waals surface area contributed by atoms with E-state index < -0.39 is 5.91 Å². The van der Waals surface area contributed by atoms with Crippen molar-refractivity contribution in [3.05, 3.63) is 41.5 Å². The van der Waals surface area contributed by atoms with E-state index in [1.807, 2.05) is 36.4 Å². The SMILES string of the molecule is CCCCSc1nnc(NC(=O)/C(C#N)=C/c2ccccc2)s1. The van der Waals surface area contributed by atoms with Gasteiger partial charge in [0.15, 0.2) is 4.34 Å². The van der Waals surface area contributed by atoms with Gasteiger partial charge < -0.3 is 0 Å². The fourth-order valence-corrected chi connectivity index (χ4v) is 3.55. The Bertz CT molecular complexity index is 719. The number of benzene rings is 1. The molecule has 1 heterocycles. The third kappa shape index (κ3) is 5.51. The van der Waals surface area contributed by atoms with E-state index in [9.17, 15) is 4.79 Å². The number of thioether (sulfide) groups is 1. The predicted molar refractivity (Wildman–Crippen MR) is 94.2 cm³/mol. The molecule has 2 rings (SSSR count). The van der Waals surface area contributed by atoms with Gasteiger partial charge in [-0.25, -0.2) is 0 Å². The Morgan fingerprint density at radius 1 is 1.39 bits per heavy atom. The molecule has 0 bridgehead atoms. The number of carbonyl (C=O) groups is 1. The van der Waals surface area contributed by atoms with Gasteiger partial charge in [-0.1, -0.05) is 66.8 Å². The van der Waals surface area contributed by atoms with Gasteiger partial charge in [-0.2, -0.15) is 5.26 Å². The maximum Gasteiger partial charge on any atom is 0.268 e. The topological polar surface area (TPSA) is 78.7 Å². The molecule has 0 radical (unpaired) electrons. The molecule has 5 nitrogen and oxygen atoms in total. The van der Waals surface area contributed by atoms with E-state index >= 15 is 0 Å². The molecule has 0 aliphatic rings. The highest BCUT2D eigenvalue weighted by Crippen LogP contribution is 2.26. The van der Waals surface area contributed by atoms with E-state index in [1.54, 1.807) is 17.8 Å². The molecule has 0 atom stereocenters. The first-order valence-electron chi connectivity index (χ1n) is 7.17. The Morgan fingerprint density at radius 2 is 2.17 bits per heavy atom. The summed E-state index contributed by atoms with van der Waals surface area (Å²) in [5, 5.41) is 20.2. The number of amides is 1. The van der Waals surface area contributed by atoms with Gasteiger partial charge in [0, 0.05) is 5.75 Å². The van der Waals surface area contributed by atoms with E-state index in [0.717, 1.165) is 28.5 Å². The zero-order valence-electron chi connectivity index (χ0n) is 12.7. The van der Waals surface area contributed by atoms with E-state index in [4.69, 9.17) is 5.26 Å². The smallest absolute Gasteiger partial charge is 0.268 e. The Balaban J connectivity index is 2.00. The molecule has 118 valence electrons. The van der Waals surface area contributed by atoms with Crippen molar-refractivity contribution in [3.8, 4) is 6.07 Å². The highest BCUT2D eigenvalue weighted by molar-refractivity contribution is 8.01. The van der Waals surface area contributed by atoms with Crippen LogP contribution in [0.4, 0.5) is 5.13 Å². The third-order valence-corrected chi connectivity index (χ3v) is 4.88. The summed E-state index contributed by atoms with van der Waals surface area (Å²) in [4.78, 5) is 12.1.